The van der Waals surface area contributed by atoms with Gasteiger partial charge < -0.3 is 10.1 Å². The number of carbonyl (C=O) groups excluding carboxylic acids is 1. The molecule has 4 rings (SSSR count). The van der Waals surface area contributed by atoms with E-state index in [-0.39, 0.29) is 5.91 Å². The van der Waals surface area contributed by atoms with Crippen molar-refractivity contribution in [1.29, 1.82) is 0 Å². The van der Waals surface area contributed by atoms with Crippen LogP contribution >= 0.6 is 0 Å². The number of rotatable bonds is 4. The van der Waals surface area contributed by atoms with E-state index < -0.39 is 0 Å². The van der Waals surface area contributed by atoms with E-state index in [2.05, 4.69) is 25.5 Å². The minimum Gasteiger partial charge on any atom is -0.481 e. The number of hydrogen-bond donors (Lipinski definition) is 2. The summed E-state index contributed by atoms with van der Waals surface area (Å²) in [5.41, 5.74) is 3.58. The predicted molar refractivity (Wildman–Crippen MR) is 98.1 cm³/mol. The van der Waals surface area contributed by atoms with Gasteiger partial charge in [0.25, 0.3) is 5.91 Å². The molecule has 4 aromatic rings. The third-order valence-electron chi connectivity index (χ3n) is 3.98. The molecule has 0 saturated carbocycles. The lowest BCUT2D eigenvalue weighted by Crippen LogP contribution is -2.12. The van der Waals surface area contributed by atoms with Crippen LogP contribution in [0.4, 0.5) is 5.69 Å². The number of pyridine rings is 2. The van der Waals surface area contributed by atoms with E-state index in [0.717, 1.165) is 22.0 Å². The first-order chi connectivity index (χ1) is 12.7. The molecule has 3 aromatic heterocycles. The summed E-state index contributed by atoms with van der Waals surface area (Å²) in [6.45, 7) is 0. The molecule has 26 heavy (non-hydrogen) atoms. The van der Waals surface area contributed by atoms with E-state index >= 15 is 0 Å². The van der Waals surface area contributed by atoms with Crippen molar-refractivity contribution >= 4 is 22.5 Å². The van der Waals surface area contributed by atoms with E-state index in [1.807, 2.05) is 24.3 Å². The van der Waals surface area contributed by atoms with Crippen LogP contribution in [0.15, 0.2) is 61.1 Å². The number of nitrogens with one attached hydrogen (secondary N) is 2. The second-order valence-electron chi connectivity index (χ2n) is 5.62. The zero-order valence-corrected chi connectivity index (χ0v) is 13.9. The number of anilines is 1. The van der Waals surface area contributed by atoms with Crippen LogP contribution in [-0.2, 0) is 0 Å². The fourth-order valence-electron chi connectivity index (χ4n) is 2.67. The molecule has 0 saturated heterocycles. The van der Waals surface area contributed by atoms with Crippen molar-refractivity contribution in [3.05, 3.63) is 66.7 Å². The van der Waals surface area contributed by atoms with Gasteiger partial charge in [-0.2, -0.15) is 5.10 Å². The highest BCUT2D eigenvalue weighted by Crippen LogP contribution is 2.26. The average Bonchev–Trinajstić information content (AvgIpc) is 3.12. The number of amides is 1. The minimum absolute atomic E-state index is 0.297. The topological polar surface area (TPSA) is 92.8 Å². The molecule has 1 amide bonds. The third kappa shape index (κ3) is 2.98. The number of aromatic amines is 1. The van der Waals surface area contributed by atoms with Gasteiger partial charge in [-0.05, 0) is 35.9 Å². The van der Waals surface area contributed by atoms with Crippen molar-refractivity contribution in [3.63, 3.8) is 0 Å². The molecular weight excluding hydrogens is 330 g/mol. The van der Waals surface area contributed by atoms with Gasteiger partial charge >= 0.3 is 0 Å². The Labute approximate surface area is 149 Å². The number of ether oxygens (including phenoxy) is 1. The number of hydrogen-bond acceptors (Lipinski definition) is 5. The molecule has 0 aliphatic rings. The lowest BCUT2D eigenvalue weighted by Gasteiger charge is -2.05. The fourth-order valence-corrected chi connectivity index (χ4v) is 2.67. The number of nitrogens with zero attached hydrogens (tertiary/aromatic N) is 3. The summed E-state index contributed by atoms with van der Waals surface area (Å²) in [6, 6.07) is 13.0. The highest BCUT2D eigenvalue weighted by molar-refractivity contribution is 6.11. The molecule has 1 aromatic carbocycles. The largest absolute Gasteiger partial charge is 0.481 e. The summed E-state index contributed by atoms with van der Waals surface area (Å²) in [7, 11) is 1.58. The van der Waals surface area contributed by atoms with Crippen LogP contribution in [-0.4, -0.2) is 33.2 Å². The minimum atomic E-state index is -0.297. The lowest BCUT2D eigenvalue weighted by atomic mass is 10.0. The fraction of sp³-hybridized carbons (Fsp3) is 0.0526. The van der Waals surface area contributed by atoms with Crippen LogP contribution < -0.4 is 10.1 Å². The summed E-state index contributed by atoms with van der Waals surface area (Å²) >= 11 is 0. The molecule has 0 aliphatic heterocycles. The molecule has 3 heterocycles. The molecule has 128 valence electrons. The molecule has 0 radical (unpaired) electrons. The summed E-state index contributed by atoms with van der Waals surface area (Å²) < 4.78 is 5.09. The van der Waals surface area contributed by atoms with Gasteiger partial charge in [-0.1, -0.05) is 6.07 Å². The maximum absolute atomic E-state index is 12.6. The van der Waals surface area contributed by atoms with Gasteiger partial charge in [-0.3, -0.25) is 14.9 Å². The normalized spacial score (nSPS) is 10.7. The molecule has 0 spiro atoms. The monoisotopic (exact) mass is 345 g/mol. The molecule has 2 N–H and O–H groups in total. The number of aromatic nitrogens is 4. The Morgan fingerprint density at radius 3 is 2.73 bits per heavy atom. The van der Waals surface area contributed by atoms with Crippen molar-refractivity contribution in [2.75, 3.05) is 12.4 Å². The molecule has 7 nitrogen and oxygen atoms in total. The zero-order valence-electron chi connectivity index (χ0n) is 13.9. The molecule has 0 aliphatic carbocycles. The predicted octanol–water partition coefficient (Wildman–Crippen LogP) is 3.28. The zero-order chi connectivity index (χ0) is 17.9. The standard InChI is InChI=1S/C19H15N5O2/c1-26-17-7-5-13(10-21-17)12-4-6-16-15(9-12)18(24-23-16)19(25)22-14-3-2-8-20-11-14/h2-11H,1H3,(H,22,25)(H,23,24). The Balaban J connectivity index is 1.69. The van der Waals surface area contributed by atoms with E-state index in [4.69, 9.17) is 4.74 Å². The lowest BCUT2D eigenvalue weighted by molar-refractivity contribution is 0.102. The van der Waals surface area contributed by atoms with Crippen molar-refractivity contribution in [2.45, 2.75) is 0 Å². The second-order valence-corrected chi connectivity index (χ2v) is 5.62. The van der Waals surface area contributed by atoms with Crippen molar-refractivity contribution in [3.8, 4) is 17.0 Å². The maximum atomic E-state index is 12.6. The van der Waals surface area contributed by atoms with Crippen molar-refractivity contribution < 1.29 is 9.53 Å². The second kappa shape index (κ2) is 6.64. The highest BCUT2D eigenvalue weighted by atomic mass is 16.5. The van der Waals surface area contributed by atoms with Gasteiger partial charge in [-0.15, -0.1) is 0 Å². The number of methoxy groups -OCH3 is 1. The van der Waals surface area contributed by atoms with Crippen LogP contribution in [0, 0.1) is 0 Å². The van der Waals surface area contributed by atoms with Gasteiger partial charge in [0, 0.05) is 29.4 Å². The molecule has 0 fully saturated rings. The number of H-pyrrole nitrogens is 1. The summed E-state index contributed by atoms with van der Waals surface area (Å²) in [4.78, 5) is 20.8. The summed E-state index contributed by atoms with van der Waals surface area (Å²) in [5.74, 6) is 0.254. The van der Waals surface area contributed by atoms with Gasteiger partial charge in [0.15, 0.2) is 5.69 Å². The first kappa shape index (κ1) is 15.8. The van der Waals surface area contributed by atoms with Crippen LogP contribution in [0.2, 0.25) is 0 Å². The Bertz CT molecular complexity index is 1060. The van der Waals surface area contributed by atoms with E-state index in [9.17, 15) is 4.79 Å². The average molecular weight is 345 g/mol. The van der Waals surface area contributed by atoms with Crippen molar-refractivity contribution in [2.24, 2.45) is 0 Å². The van der Waals surface area contributed by atoms with Gasteiger partial charge in [-0.25, -0.2) is 4.98 Å². The van der Waals surface area contributed by atoms with Crippen LogP contribution in [0.1, 0.15) is 10.5 Å². The van der Waals surface area contributed by atoms with Gasteiger partial charge in [0.2, 0.25) is 5.88 Å². The van der Waals surface area contributed by atoms with E-state index in [1.165, 1.54) is 0 Å². The highest BCUT2D eigenvalue weighted by Gasteiger charge is 2.15. The van der Waals surface area contributed by atoms with Gasteiger partial charge in [0.05, 0.1) is 24.5 Å². The SMILES string of the molecule is COc1ccc(-c2ccc3[nH]nc(C(=O)Nc4cccnc4)c3c2)cn1. The van der Waals surface area contributed by atoms with E-state index in [0.29, 0.717) is 17.3 Å². The van der Waals surface area contributed by atoms with Crippen LogP contribution in [0.3, 0.4) is 0 Å². The van der Waals surface area contributed by atoms with E-state index in [1.54, 1.807) is 43.9 Å². The number of carbonyl (C=O) groups is 1. The molecule has 0 unspecified atom stereocenters. The molecule has 0 atom stereocenters. The first-order valence-electron chi connectivity index (χ1n) is 7.94. The third-order valence-corrected chi connectivity index (χ3v) is 3.98. The number of fused-ring (bicyclic) bond motifs is 1. The molecule has 0 bridgehead atoms. The van der Waals surface area contributed by atoms with Crippen LogP contribution in [0.25, 0.3) is 22.0 Å². The van der Waals surface area contributed by atoms with Crippen LogP contribution in [0.5, 0.6) is 5.88 Å². The summed E-state index contributed by atoms with van der Waals surface area (Å²) in [5, 5.41) is 10.6. The Morgan fingerprint density at radius 1 is 1.12 bits per heavy atom. The van der Waals surface area contributed by atoms with Crippen molar-refractivity contribution in [1.82, 2.24) is 20.2 Å². The summed E-state index contributed by atoms with van der Waals surface area (Å²) in [6.07, 6.45) is 4.96. The molecule has 7 heteroatoms. The van der Waals surface area contributed by atoms with Gasteiger partial charge in [0.1, 0.15) is 0 Å². The maximum Gasteiger partial charge on any atom is 0.276 e. The quantitative estimate of drug-likeness (QED) is 0.592. The number of benzene rings is 1. The molecular formula is C19H15N5O2. The Morgan fingerprint density at radius 2 is 2.00 bits per heavy atom. The Kier molecular flexibility index (Phi) is 4.03. The first-order valence-corrected chi connectivity index (χ1v) is 7.94. The Hall–Kier alpha value is -3.74. The smallest absolute Gasteiger partial charge is 0.276 e.